The van der Waals surface area contributed by atoms with Gasteiger partial charge >= 0.3 is 6.61 Å². The Morgan fingerprint density at radius 1 is 1.17 bits per heavy atom. The Bertz CT molecular complexity index is 977. The highest BCUT2D eigenvalue weighted by atomic mass is 19.3. The molecule has 8 heteroatoms. The molecular formula is C22H22F2N4O2. The van der Waals surface area contributed by atoms with Crippen molar-refractivity contribution in [2.45, 2.75) is 25.6 Å². The van der Waals surface area contributed by atoms with Crippen molar-refractivity contribution in [2.24, 2.45) is 0 Å². The van der Waals surface area contributed by atoms with E-state index in [4.69, 9.17) is 0 Å². The second-order valence-corrected chi connectivity index (χ2v) is 7.15. The minimum atomic E-state index is -2.87. The van der Waals surface area contributed by atoms with Gasteiger partial charge in [-0.2, -0.15) is 13.9 Å². The van der Waals surface area contributed by atoms with E-state index in [1.807, 2.05) is 34.0 Å². The van der Waals surface area contributed by atoms with Gasteiger partial charge in [0.1, 0.15) is 5.75 Å². The second-order valence-electron chi connectivity index (χ2n) is 7.15. The third kappa shape index (κ3) is 4.76. The highest BCUT2D eigenvalue weighted by Gasteiger charge is 2.26. The highest BCUT2D eigenvalue weighted by molar-refractivity contribution is 5.94. The average Bonchev–Trinajstić information content (AvgIpc) is 3.41. The molecule has 1 atom stereocenters. The summed E-state index contributed by atoms with van der Waals surface area (Å²) in [4.78, 5) is 14.6. The molecule has 1 saturated heterocycles. The van der Waals surface area contributed by atoms with Crippen LogP contribution in [0, 0.1) is 0 Å². The lowest BCUT2D eigenvalue weighted by Gasteiger charge is -2.22. The van der Waals surface area contributed by atoms with Gasteiger partial charge in [0.05, 0.1) is 12.2 Å². The molecule has 1 amide bonds. The summed E-state index contributed by atoms with van der Waals surface area (Å²) in [6.45, 7) is -1.04. The Morgan fingerprint density at radius 3 is 2.70 bits per heavy atom. The number of nitrogens with zero attached hydrogens (tertiary/aromatic N) is 3. The van der Waals surface area contributed by atoms with Gasteiger partial charge < -0.3 is 15.0 Å². The van der Waals surface area contributed by atoms with E-state index in [0.717, 1.165) is 12.0 Å². The third-order valence-corrected chi connectivity index (χ3v) is 5.07. The summed E-state index contributed by atoms with van der Waals surface area (Å²) >= 11 is 0. The number of halogens is 2. The molecule has 1 fully saturated rings. The van der Waals surface area contributed by atoms with Crippen molar-refractivity contribution in [2.75, 3.05) is 18.0 Å². The number of carbonyl (C=O) groups is 1. The zero-order valence-electron chi connectivity index (χ0n) is 16.2. The molecule has 1 aliphatic heterocycles. The number of amides is 1. The van der Waals surface area contributed by atoms with Gasteiger partial charge in [-0.3, -0.25) is 9.48 Å². The van der Waals surface area contributed by atoms with Crippen LogP contribution in [0.5, 0.6) is 5.75 Å². The Kier molecular flexibility index (Phi) is 5.92. The molecular weight excluding hydrogens is 390 g/mol. The number of alkyl halides is 2. The molecule has 1 aliphatic rings. The summed E-state index contributed by atoms with van der Waals surface area (Å²) in [5.74, 6) is -0.00291. The predicted molar refractivity (Wildman–Crippen MR) is 109 cm³/mol. The average molecular weight is 412 g/mol. The van der Waals surface area contributed by atoms with Crippen molar-refractivity contribution in [3.8, 4) is 5.75 Å². The summed E-state index contributed by atoms with van der Waals surface area (Å²) in [5, 5.41) is 7.21. The smallest absolute Gasteiger partial charge is 0.387 e. The third-order valence-electron chi connectivity index (χ3n) is 5.07. The molecule has 1 unspecified atom stereocenters. The van der Waals surface area contributed by atoms with Gasteiger partial charge in [-0.05, 0) is 42.3 Å². The van der Waals surface area contributed by atoms with E-state index in [0.29, 0.717) is 30.9 Å². The summed E-state index contributed by atoms with van der Waals surface area (Å²) < 4.78 is 31.8. The summed E-state index contributed by atoms with van der Waals surface area (Å²) in [7, 11) is 0. The minimum absolute atomic E-state index is 0.0687. The fourth-order valence-electron chi connectivity index (χ4n) is 3.62. The molecule has 6 nitrogen and oxygen atoms in total. The van der Waals surface area contributed by atoms with Gasteiger partial charge in [0.25, 0.3) is 5.91 Å². The maximum absolute atomic E-state index is 12.7. The van der Waals surface area contributed by atoms with Crippen molar-refractivity contribution in [1.82, 2.24) is 15.1 Å². The maximum Gasteiger partial charge on any atom is 0.387 e. The molecule has 1 N–H and O–H groups in total. The zero-order chi connectivity index (χ0) is 20.9. The maximum atomic E-state index is 12.7. The van der Waals surface area contributed by atoms with Gasteiger partial charge in [-0.1, -0.05) is 24.3 Å². The first-order chi connectivity index (χ1) is 14.6. The van der Waals surface area contributed by atoms with Crippen molar-refractivity contribution in [3.05, 3.63) is 78.1 Å². The lowest BCUT2D eigenvalue weighted by Crippen LogP contribution is -2.37. The van der Waals surface area contributed by atoms with Gasteiger partial charge in [-0.15, -0.1) is 0 Å². The first-order valence-corrected chi connectivity index (χ1v) is 9.74. The molecule has 3 aromatic rings. The molecule has 0 saturated carbocycles. The van der Waals surface area contributed by atoms with Crippen molar-refractivity contribution in [3.63, 3.8) is 0 Å². The monoisotopic (exact) mass is 412 g/mol. The summed E-state index contributed by atoms with van der Waals surface area (Å²) in [6, 6.07) is 15.9. The SMILES string of the molecule is O=C(NC1CCN(c2ccccc2OC(F)F)C1)c1ccc(Cn2cccn2)cc1. The molecule has 1 aromatic heterocycles. The van der Waals surface area contributed by atoms with Gasteiger partial charge in [0, 0.05) is 37.1 Å². The van der Waals surface area contributed by atoms with E-state index in [-0.39, 0.29) is 17.7 Å². The van der Waals surface area contributed by atoms with Crippen LogP contribution in [0.4, 0.5) is 14.5 Å². The van der Waals surface area contributed by atoms with Gasteiger partial charge in [0.2, 0.25) is 0 Å². The second kappa shape index (κ2) is 8.94. The normalized spacial score (nSPS) is 16.1. The Hall–Kier alpha value is -3.42. The van der Waals surface area contributed by atoms with E-state index >= 15 is 0 Å². The van der Waals surface area contributed by atoms with Crippen molar-refractivity contribution in [1.29, 1.82) is 0 Å². The van der Waals surface area contributed by atoms with E-state index in [1.54, 1.807) is 36.5 Å². The number of hydrogen-bond acceptors (Lipinski definition) is 4. The topological polar surface area (TPSA) is 59.4 Å². The Balaban J connectivity index is 1.35. The van der Waals surface area contributed by atoms with Crippen LogP contribution in [0.3, 0.4) is 0 Å². The quantitative estimate of drug-likeness (QED) is 0.645. The number of hydrogen-bond donors (Lipinski definition) is 1. The van der Waals surface area contributed by atoms with Crippen LogP contribution in [0.1, 0.15) is 22.3 Å². The minimum Gasteiger partial charge on any atom is -0.433 e. The number of anilines is 1. The first kappa shape index (κ1) is 19.9. The lowest BCUT2D eigenvalue weighted by molar-refractivity contribution is -0.0495. The molecule has 0 bridgehead atoms. The number of benzene rings is 2. The number of aromatic nitrogens is 2. The molecule has 0 aliphatic carbocycles. The summed E-state index contributed by atoms with van der Waals surface area (Å²) in [5.41, 5.74) is 2.24. The van der Waals surface area contributed by atoms with Crippen molar-refractivity contribution >= 4 is 11.6 Å². The zero-order valence-corrected chi connectivity index (χ0v) is 16.2. The number of carbonyl (C=O) groups excluding carboxylic acids is 1. The first-order valence-electron chi connectivity index (χ1n) is 9.74. The number of ether oxygens (including phenoxy) is 1. The van der Waals surface area contributed by atoms with Crippen LogP contribution < -0.4 is 15.0 Å². The van der Waals surface area contributed by atoms with E-state index in [9.17, 15) is 13.6 Å². The highest BCUT2D eigenvalue weighted by Crippen LogP contribution is 2.31. The van der Waals surface area contributed by atoms with Gasteiger partial charge in [0.15, 0.2) is 0 Å². The lowest BCUT2D eigenvalue weighted by atomic mass is 10.1. The fraction of sp³-hybridized carbons (Fsp3) is 0.273. The molecule has 0 radical (unpaired) electrons. The van der Waals surface area contributed by atoms with Crippen LogP contribution >= 0.6 is 0 Å². The largest absolute Gasteiger partial charge is 0.433 e. The van der Waals surface area contributed by atoms with Crippen LogP contribution in [0.2, 0.25) is 0 Å². The molecule has 2 aromatic carbocycles. The van der Waals surface area contributed by atoms with Gasteiger partial charge in [-0.25, -0.2) is 0 Å². The van der Waals surface area contributed by atoms with Crippen LogP contribution in [0.15, 0.2) is 67.0 Å². The van der Waals surface area contributed by atoms with E-state index in [1.165, 1.54) is 6.07 Å². The van der Waals surface area contributed by atoms with Crippen LogP contribution in [-0.2, 0) is 6.54 Å². The molecule has 30 heavy (non-hydrogen) atoms. The molecule has 2 heterocycles. The molecule has 156 valence electrons. The van der Waals surface area contributed by atoms with E-state index < -0.39 is 6.61 Å². The standard InChI is InChI=1S/C22H22F2N4O2/c23-22(24)30-20-5-2-1-4-19(20)27-13-10-18(15-27)26-21(29)17-8-6-16(7-9-17)14-28-12-3-11-25-28/h1-9,11-12,18,22H,10,13-15H2,(H,26,29). The van der Waals surface area contributed by atoms with Crippen LogP contribution in [-0.4, -0.2) is 41.4 Å². The number of nitrogens with one attached hydrogen (secondary N) is 1. The number of para-hydroxylation sites is 2. The fourth-order valence-corrected chi connectivity index (χ4v) is 3.62. The number of rotatable bonds is 7. The predicted octanol–water partition coefficient (Wildman–Crippen LogP) is 3.54. The summed E-state index contributed by atoms with van der Waals surface area (Å²) in [6.07, 6.45) is 4.34. The van der Waals surface area contributed by atoms with Crippen molar-refractivity contribution < 1.29 is 18.3 Å². The Morgan fingerprint density at radius 2 is 1.97 bits per heavy atom. The molecule has 4 rings (SSSR count). The van der Waals surface area contributed by atoms with Crippen LogP contribution in [0.25, 0.3) is 0 Å². The Labute approximate surface area is 173 Å². The van der Waals surface area contributed by atoms with E-state index in [2.05, 4.69) is 15.2 Å². The molecule has 0 spiro atoms.